The highest BCUT2D eigenvalue weighted by Gasteiger charge is 2.27. The van der Waals surface area contributed by atoms with Crippen molar-refractivity contribution in [1.82, 2.24) is 15.1 Å². The van der Waals surface area contributed by atoms with E-state index in [-0.39, 0.29) is 11.9 Å². The minimum atomic E-state index is -0.977. The van der Waals surface area contributed by atoms with Gasteiger partial charge in [0.05, 0.1) is 0 Å². The van der Waals surface area contributed by atoms with Gasteiger partial charge in [0.2, 0.25) is 0 Å². The van der Waals surface area contributed by atoms with Crippen LogP contribution in [-0.2, 0) is 4.79 Å². The lowest BCUT2D eigenvalue weighted by Gasteiger charge is -2.29. The molecule has 0 aromatic carbocycles. The van der Waals surface area contributed by atoms with Gasteiger partial charge in [-0.2, -0.15) is 0 Å². The molecule has 6 heteroatoms. The number of aliphatic carboxylic acids is 1. The number of hydrogen-bond donors (Lipinski definition) is 2. The molecule has 0 aromatic rings. The van der Waals surface area contributed by atoms with Crippen molar-refractivity contribution >= 4 is 12.0 Å². The number of carboxylic acid groups (broad SMARTS) is 1. The van der Waals surface area contributed by atoms with Crippen molar-refractivity contribution < 1.29 is 14.7 Å². The monoisotopic (exact) mass is 301 g/mol. The summed E-state index contributed by atoms with van der Waals surface area (Å²) in [4.78, 5) is 27.4. The fourth-order valence-corrected chi connectivity index (χ4v) is 1.94. The minimum Gasteiger partial charge on any atom is -0.480 e. The first-order chi connectivity index (χ1) is 9.68. The van der Waals surface area contributed by atoms with E-state index >= 15 is 0 Å². The first-order valence-corrected chi connectivity index (χ1v) is 7.61. The molecule has 0 aliphatic rings. The summed E-state index contributed by atoms with van der Waals surface area (Å²) in [5, 5.41) is 11.9. The molecule has 2 atom stereocenters. The normalized spacial score (nSPS) is 14.1. The number of amides is 2. The summed E-state index contributed by atoms with van der Waals surface area (Å²) in [5.74, 6) is -0.735. The smallest absolute Gasteiger partial charge is 0.326 e. The maximum atomic E-state index is 12.4. The molecule has 0 spiro atoms. The van der Waals surface area contributed by atoms with E-state index < -0.39 is 12.0 Å². The van der Waals surface area contributed by atoms with Crippen LogP contribution in [0.4, 0.5) is 4.79 Å². The molecule has 0 radical (unpaired) electrons. The minimum absolute atomic E-state index is 0.0961. The second-order valence-electron chi connectivity index (χ2n) is 6.29. The SMILES string of the molecule is CC[C@H](C)[C@H](NC(=O)N(CCN(C)C)CC(C)C)C(=O)O. The average molecular weight is 301 g/mol. The van der Waals surface area contributed by atoms with Gasteiger partial charge in [0.25, 0.3) is 0 Å². The lowest BCUT2D eigenvalue weighted by atomic mass is 9.99. The van der Waals surface area contributed by atoms with Crippen LogP contribution in [0.25, 0.3) is 0 Å². The largest absolute Gasteiger partial charge is 0.480 e. The summed E-state index contributed by atoms with van der Waals surface area (Å²) in [6.45, 7) is 9.80. The fraction of sp³-hybridized carbons (Fsp3) is 0.867. The van der Waals surface area contributed by atoms with Crippen LogP contribution in [0.1, 0.15) is 34.1 Å². The maximum absolute atomic E-state index is 12.4. The number of urea groups is 1. The van der Waals surface area contributed by atoms with Crippen molar-refractivity contribution in [1.29, 1.82) is 0 Å². The number of carbonyl (C=O) groups excluding carboxylic acids is 1. The number of likely N-dealkylation sites (N-methyl/N-ethyl adjacent to an activating group) is 1. The van der Waals surface area contributed by atoms with Crippen molar-refractivity contribution in [3.8, 4) is 0 Å². The van der Waals surface area contributed by atoms with E-state index in [4.69, 9.17) is 0 Å². The van der Waals surface area contributed by atoms with Gasteiger partial charge in [-0.25, -0.2) is 9.59 Å². The van der Waals surface area contributed by atoms with Gasteiger partial charge in [-0.1, -0.05) is 34.1 Å². The van der Waals surface area contributed by atoms with Crippen LogP contribution < -0.4 is 5.32 Å². The lowest BCUT2D eigenvalue weighted by Crippen LogP contribution is -2.52. The highest BCUT2D eigenvalue weighted by Crippen LogP contribution is 2.09. The Kier molecular flexibility index (Phi) is 9.01. The van der Waals surface area contributed by atoms with Crippen LogP contribution in [-0.4, -0.2) is 66.7 Å². The Morgan fingerprint density at radius 2 is 1.71 bits per heavy atom. The molecule has 0 aromatic heterocycles. The molecule has 0 saturated heterocycles. The Morgan fingerprint density at radius 1 is 1.14 bits per heavy atom. The lowest BCUT2D eigenvalue weighted by molar-refractivity contribution is -0.140. The molecular weight excluding hydrogens is 270 g/mol. The molecule has 0 rings (SSSR count). The quantitative estimate of drug-likeness (QED) is 0.680. The predicted octanol–water partition coefficient (Wildman–Crippen LogP) is 1.71. The topological polar surface area (TPSA) is 72.9 Å². The Bertz CT molecular complexity index is 332. The number of nitrogens with zero attached hydrogens (tertiary/aromatic N) is 2. The van der Waals surface area contributed by atoms with Crippen molar-refractivity contribution in [2.45, 2.75) is 40.2 Å². The molecule has 0 aliphatic carbocycles. The molecule has 21 heavy (non-hydrogen) atoms. The number of carboxylic acids is 1. The average Bonchev–Trinajstić information content (AvgIpc) is 2.38. The Labute approximate surface area is 128 Å². The third-order valence-corrected chi connectivity index (χ3v) is 3.45. The number of nitrogens with one attached hydrogen (secondary N) is 1. The van der Waals surface area contributed by atoms with Crippen LogP contribution in [0.3, 0.4) is 0 Å². The summed E-state index contributed by atoms with van der Waals surface area (Å²) in [5.41, 5.74) is 0. The Balaban J connectivity index is 4.79. The van der Waals surface area contributed by atoms with Crippen molar-refractivity contribution in [2.24, 2.45) is 11.8 Å². The molecule has 124 valence electrons. The van der Waals surface area contributed by atoms with E-state index in [2.05, 4.69) is 5.32 Å². The predicted molar refractivity (Wildman–Crippen MR) is 84.4 cm³/mol. The number of hydrogen-bond acceptors (Lipinski definition) is 3. The third-order valence-electron chi connectivity index (χ3n) is 3.45. The molecule has 2 N–H and O–H groups in total. The molecule has 0 saturated carbocycles. The van der Waals surface area contributed by atoms with Gasteiger partial charge in [-0.05, 0) is 25.9 Å². The molecule has 2 amide bonds. The summed E-state index contributed by atoms with van der Waals surface area (Å²) >= 11 is 0. The molecule has 0 aliphatic heterocycles. The highest BCUT2D eigenvalue weighted by molar-refractivity contribution is 5.82. The second kappa shape index (κ2) is 9.60. The van der Waals surface area contributed by atoms with Crippen LogP contribution in [0.15, 0.2) is 0 Å². The van der Waals surface area contributed by atoms with Gasteiger partial charge in [0.1, 0.15) is 6.04 Å². The zero-order valence-corrected chi connectivity index (χ0v) is 14.2. The van der Waals surface area contributed by atoms with Crippen LogP contribution in [0.5, 0.6) is 0 Å². The second-order valence-corrected chi connectivity index (χ2v) is 6.29. The molecule has 6 nitrogen and oxygen atoms in total. The summed E-state index contributed by atoms with van der Waals surface area (Å²) in [7, 11) is 3.90. The zero-order valence-electron chi connectivity index (χ0n) is 14.2. The first-order valence-electron chi connectivity index (χ1n) is 7.61. The van der Waals surface area contributed by atoms with E-state index in [1.165, 1.54) is 0 Å². The standard InChI is InChI=1S/C15H31N3O3/c1-7-12(4)13(14(19)20)16-15(21)18(10-11(2)3)9-8-17(5)6/h11-13H,7-10H2,1-6H3,(H,16,21)(H,19,20)/t12-,13-/m0/s1. The molecule has 0 heterocycles. The van der Waals surface area contributed by atoms with Crippen LogP contribution >= 0.6 is 0 Å². The molecule has 0 unspecified atom stereocenters. The van der Waals surface area contributed by atoms with Gasteiger partial charge in [0.15, 0.2) is 0 Å². The van der Waals surface area contributed by atoms with Gasteiger partial charge in [-0.3, -0.25) is 0 Å². The van der Waals surface area contributed by atoms with Crippen molar-refractivity contribution in [3.05, 3.63) is 0 Å². The van der Waals surface area contributed by atoms with Crippen LogP contribution in [0.2, 0.25) is 0 Å². The van der Waals surface area contributed by atoms with E-state index in [1.807, 2.05) is 46.7 Å². The number of carbonyl (C=O) groups is 2. The van der Waals surface area contributed by atoms with E-state index in [9.17, 15) is 14.7 Å². The first kappa shape index (κ1) is 19.7. The summed E-state index contributed by atoms with van der Waals surface area (Å²) < 4.78 is 0. The zero-order chi connectivity index (χ0) is 16.6. The number of rotatable bonds is 9. The Morgan fingerprint density at radius 3 is 2.10 bits per heavy atom. The van der Waals surface area contributed by atoms with Crippen molar-refractivity contribution in [3.63, 3.8) is 0 Å². The summed E-state index contributed by atoms with van der Waals surface area (Å²) in [6.07, 6.45) is 0.707. The Hall–Kier alpha value is -1.30. The maximum Gasteiger partial charge on any atom is 0.326 e. The molecule has 0 fully saturated rings. The van der Waals surface area contributed by atoms with Gasteiger partial charge in [0, 0.05) is 19.6 Å². The van der Waals surface area contributed by atoms with E-state index in [0.29, 0.717) is 25.4 Å². The summed E-state index contributed by atoms with van der Waals surface area (Å²) in [6, 6.07) is -1.13. The van der Waals surface area contributed by atoms with E-state index in [0.717, 1.165) is 6.54 Å². The van der Waals surface area contributed by atoms with Gasteiger partial charge in [-0.15, -0.1) is 0 Å². The third kappa shape index (κ3) is 7.90. The van der Waals surface area contributed by atoms with Crippen molar-refractivity contribution in [2.75, 3.05) is 33.7 Å². The molecule has 0 bridgehead atoms. The fourth-order valence-electron chi connectivity index (χ4n) is 1.94. The van der Waals surface area contributed by atoms with Gasteiger partial charge < -0.3 is 20.2 Å². The molecular formula is C15H31N3O3. The van der Waals surface area contributed by atoms with E-state index in [1.54, 1.807) is 4.90 Å². The van der Waals surface area contributed by atoms with Gasteiger partial charge >= 0.3 is 12.0 Å². The van der Waals surface area contributed by atoms with Crippen LogP contribution in [0, 0.1) is 11.8 Å². The highest BCUT2D eigenvalue weighted by atomic mass is 16.4.